The van der Waals surface area contributed by atoms with Gasteiger partial charge in [0.15, 0.2) is 5.82 Å². The summed E-state index contributed by atoms with van der Waals surface area (Å²) in [7, 11) is 5.20. The average molecular weight is 423 g/mol. The molecule has 1 atom stereocenters. The van der Waals surface area contributed by atoms with Gasteiger partial charge >= 0.3 is 0 Å². The molecule has 1 aromatic heterocycles. The number of hydrogen-bond acceptors (Lipinski definition) is 8. The van der Waals surface area contributed by atoms with Crippen LogP contribution in [0.2, 0.25) is 0 Å². The number of aromatic nitrogens is 2. The summed E-state index contributed by atoms with van der Waals surface area (Å²) in [6, 6.07) is 14.7. The lowest BCUT2D eigenvalue weighted by Gasteiger charge is -2.38. The topological polar surface area (TPSA) is 96.6 Å². The van der Waals surface area contributed by atoms with E-state index in [4.69, 9.17) is 9.88 Å². The lowest BCUT2D eigenvalue weighted by Crippen LogP contribution is -2.45. The number of nitrogens with two attached hydrogens (primary N) is 1. The molecule has 1 amide bonds. The van der Waals surface area contributed by atoms with Gasteiger partial charge < -0.3 is 19.9 Å². The normalized spacial score (nSPS) is 15.7. The molecule has 1 unspecified atom stereocenters. The molecule has 0 radical (unpaired) electrons. The number of anilines is 4. The molecule has 2 heterocycles. The van der Waals surface area contributed by atoms with Crippen LogP contribution < -0.4 is 25.0 Å². The predicted octanol–water partition coefficient (Wildman–Crippen LogP) is 3.35. The number of amides is 1. The maximum atomic E-state index is 13.1. The standard InChI is InChI=1S/C21H22N6O2S/c1-26-17-12-23-21(24-14-7-9-16(30-22)10-8-14)25-19(17)27(2)18(20(26)28)13-5-4-6-15(11-13)29-3/h4-12,18H,22H2,1-3H3,(H,23,24,25). The van der Waals surface area contributed by atoms with Gasteiger partial charge in [0.05, 0.1) is 13.3 Å². The SMILES string of the molecule is COc1cccc(C2C(=O)N(C)c3cnc(Nc4ccc(SN)cc4)nc3N2C)c1. The Morgan fingerprint density at radius 1 is 1.17 bits per heavy atom. The number of carbonyl (C=O) groups excluding carboxylic acids is 1. The Balaban J connectivity index is 1.68. The summed E-state index contributed by atoms with van der Waals surface area (Å²) in [6.45, 7) is 0. The van der Waals surface area contributed by atoms with Crippen LogP contribution in [0.15, 0.2) is 59.6 Å². The zero-order valence-electron chi connectivity index (χ0n) is 16.9. The number of likely N-dealkylation sites (N-methyl/N-ethyl adjacent to an activating group) is 2. The lowest BCUT2D eigenvalue weighted by atomic mass is 10.0. The van der Waals surface area contributed by atoms with Crippen LogP contribution in [0.25, 0.3) is 0 Å². The highest BCUT2D eigenvalue weighted by Gasteiger charge is 2.37. The molecular formula is C21H22N6O2S. The van der Waals surface area contributed by atoms with E-state index in [1.54, 1.807) is 25.3 Å². The Morgan fingerprint density at radius 3 is 2.63 bits per heavy atom. The third kappa shape index (κ3) is 3.64. The van der Waals surface area contributed by atoms with Gasteiger partial charge in [0.1, 0.15) is 17.5 Å². The Labute approximate surface area is 179 Å². The summed E-state index contributed by atoms with van der Waals surface area (Å²) < 4.78 is 5.33. The maximum absolute atomic E-state index is 13.1. The van der Waals surface area contributed by atoms with Crippen LogP contribution in [0.5, 0.6) is 5.75 Å². The van der Waals surface area contributed by atoms with Crippen molar-refractivity contribution in [2.45, 2.75) is 10.9 Å². The smallest absolute Gasteiger partial charge is 0.254 e. The Bertz CT molecular complexity index is 1080. The number of carbonyl (C=O) groups is 1. The number of benzene rings is 2. The van der Waals surface area contributed by atoms with E-state index in [1.807, 2.05) is 60.5 Å². The zero-order valence-corrected chi connectivity index (χ0v) is 17.7. The minimum atomic E-state index is -0.513. The predicted molar refractivity (Wildman–Crippen MR) is 119 cm³/mol. The Kier molecular flexibility index (Phi) is 5.47. The van der Waals surface area contributed by atoms with Crippen LogP contribution in [-0.2, 0) is 4.79 Å². The highest BCUT2D eigenvalue weighted by atomic mass is 32.2. The van der Waals surface area contributed by atoms with E-state index < -0.39 is 6.04 Å². The fourth-order valence-corrected chi connectivity index (χ4v) is 3.73. The molecule has 0 bridgehead atoms. The van der Waals surface area contributed by atoms with Crippen LogP contribution in [-0.4, -0.2) is 37.1 Å². The quantitative estimate of drug-likeness (QED) is 0.605. The first-order valence-electron chi connectivity index (χ1n) is 9.27. The van der Waals surface area contributed by atoms with Crippen molar-refractivity contribution >= 4 is 41.0 Å². The largest absolute Gasteiger partial charge is 0.497 e. The summed E-state index contributed by atoms with van der Waals surface area (Å²) >= 11 is 1.19. The number of rotatable bonds is 5. The summed E-state index contributed by atoms with van der Waals surface area (Å²) in [5, 5.41) is 8.78. The van der Waals surface area contributed by atoms with Crippen molar-refractivity contribution in [3.05, 3.63) is 60.3 Å². The van der Waals surface area contributed by atoms with Gasteiger partial charge in [-0.3, -0.25) is 9.93 Å². The second kappa shape index (κ2) is 8.21. The molecule has 0 spiro atoms. The zero-order chi connectivity index (χ0) is 21.3. The van der Waals surface area contributed by atoms with Gasteiger partial charge in [-0.1, -0.05) is 12.1 Å². The summed E-state index contributed by atoms with van der Waals surface area (Å²) in [5.74, 6) is 1.75. The fourth-order valence-electron chi connectivity index (χ4n) is 3.44. The summed E-state index contributed by atoms with van der Waals surface area (Å²) in [5.41, 5.74) is 2.34. The van der Waals surface area contributed by atoms with Crippen LogP contribution >= 0.6 is 11.9 Å². The van der Waals surface area contributed by atoms with Gasteiger partial charge in [-0.15, -0.1) is 0 Å². The molecule has 1 aliphatic heterocycles. The molecule has 4 rings (SSSR count). The van der Waals surface area contributed by atoms with Crippen molar-refractivity contribution in [3.8, 4) is 5.75 Å². The third-order valence-corrected chi connectivity index (χ3v) is 5.60. The summed E-state index contributed by atoms with van der Waals surface area (Å²) in [6.07, 6.45) is 1.66. The van der Waals surface area contributed by atoms with Crippen LogP contribution in [0.3, 0.4) is 0 Å². The first kappa shape index (κ1) is 20.0. The molecule has 0 fully saturated rings. The number of methoxy groups -OCH3 is 1. The number of ether oxygens (including phenoxy) is 1. The van der Waals surface area contributed by atoms with Crippen molar-refractivity contribution in [2.75, 3.05) is 36.3 Å². The van der Waals surface area contributed by atoms with E-state index in [0.717, 1.165) is 16.1 Å². The first-order valence-corrected chi connectivity index (χ1v) is 10.1. The van der Waals surface area contributed by atoms with Crippen LogP contribution in [0.4, 0.5) is 23.1 Å². The average Bonchev–Trinajstić information content (AvgIpc) is 2.78. The highest BCUT2D eigenvalue weighted by Crippen LogP contribution is 2.39. The monoisotopic (exact) mass is 422 g/mol. The van der Waals surface area contributed by atoms with Crippen LogP contribution in [0.1, 0.15) is 11.6 Å². The van der Waals surface area contributed by atoms with Gasteiger partial charge in [0, 0.05) is 24.7 Å². The highest BCUT2D eigenvalue weighted by molar-refractivity contribution is 7.97. The number of nitrogens with zero attached hydrogens (tertiary/aromatic N) is 4. The van der Waals surface area contributed by atoms with E-state index in [1.165, 1.54) is 11.9 Å². The molecule has 0 aliphatic carbocycles. The van der Waals surface area contributed by atoms with Gasteiger partial charge in [-0.2, -0.15) is 4.98 Å². The molecule has 3 N–H and O–H groups in total. The maximum Gasteiger partial charge on any atom is 0.254 e. The van der Waals surface area contributed by atoms with E-state index in [0.29, 0.717) is 23.2 Å². The Hall–Kier alpha value is -3.30. The number of nitrogens with one attached hydrogen (secondary N) is 1. The van der Waals surface area contributed by atoms with Gasteiger partial charge in [-0.05, 0) is 53.9 Å². The second-order valence-corrected chi connectivity index (χ2v) is 7.56. The van der Waals surface area contributed by atoms with E-state index in [-0.39, 0.29) is 5.91 Å². The minimum absolute atomic E-state index is 0.0579. The number of fused-ring (bicyclic) bond motifs is 1. The van der Waals surface area contributed by atoms with Crippen molar-refractivity contribution in [1.29, 1.82) is 0 Å². The Morgan fingerprint density at radius 2 is 1.93 bits per heavy atom. The fraction of sp³-hybridized carbons (Fsp3) is 0.190. The van der Waals surface area contributed by atoms with Crippen molar-refractivity contribution in [3.63, 3.8) is 0 Å². The first-order chi connectivity index (χ1) is 14.5. The van der Waals surface area contributed by atoms with Gasteiger partial charge in [0.2, 0.25) is 5.95 Å². The van der Waals surface area contributed by atoms with Crippen molar-refractivity contribution < 1.29 is 9.53 Å². The molecule has 30 heavy (non-hydrogen) atoms. The lowest BCUT2D eigenvalue weighted by molar-refractivity contribution is -0.120. The number of hydrogen-bond donors (Lipinski definition) is 2. The third-order valence-electron chi connectivity index (χ3n) is 5.05. The summed E-state index contributed by atoms with van der Waals surface area (Å²) in [4.78, 5) is 26.6. The molecular weight excluding hydrogens is 400 g/mol. The second-order valence-electron chi connectivity index (χ2n) is 6.86. The molecule has 0 saturated carbocycles. The van der Waals surface area contributed by atoms with Gasteiger partial charge in [-0.25, -0.2) is 4.98 Å². The van der Waals surface area contributed by atoms with E-state index in [9.17, 15) is 4.79 Å². The molecule has 1 aliphatic rings. The molecule has 3 aromatic rings. The van der Waals surface area contributed by atoms with Crippen molar-refractivity contribution in [1.82, 2.24) is 9.97 Å². The molecule has 154 valence electrons. The molecule has 8 nitrogen and oxygen atoms in total. The van der Waals surface area contributed by atoms with E-state index in [2.05, 4.69) is 15.3 Å². The van der Waals surface area contributed by atoms with Crippen LogP contribution in [0, 0.1) is 0 Å². The molecule has 0 saturated heterocycles. The van der Waals surface area contributed by atoms with E-state index >= 15 is 0 Å². The molecule has 2 aromatic carbocycles. The molecule has 9 heteroatoms. The van der Waals surface area contributed by atoms with Gasteiger partial charge in [0.25, 0.3) is 5.91 Å². The minimum Gasteiger partial charge on any atom is -0.497 e. The van der Waals surface area contributed by atoms with Crippen molar-refractivity contribution in [2.24, 2.45) is 5.14 Å².